The van der Waals surface area contributed by atoms with Gasteiger partial charge in [-0.15, -0.1) is 0 Å². The zero-order valence-electron chi connectivity index (χ0n) is 19.2. The van der Waals surface area contributed by atoms with E-state index in [1.807, 2.05) is 0 Å². The van der Waals surface area contributed by atoms with Crippen LogP contribution in [0.25, 0.3) is 11.0 Å². The molecule has 0 radical (unpaired) electrons. The Morgan fingerprint density at radius 2 is 1.97 bits per heavy atom. The molecule has 2 aromatic rings. The van der Waals surface area contributed by atoms with Crippen LogP contribution in [0.2, 0.25) is 0 Å². The normalized spacial score (nSPS) is 25.3. The maximum absolute atomic E-state index is 12.6. The molecular formula is C22H30N2O9. The third-order valence-corrected chi connectivity index (χ3v) is 5.56. The molecule has 0 saturated carbocycles. The van der Waals surface area contributed by atoms with Crippen molar-refractivity contribution in [2.45, 2.75) is 57.9 Å². The van der Waals surface area contributed by atoms with Crippen LogP contribution >= 0.6 is 0 Å². The minimum absolute atomic E-state index is 0.0919. The minimum atomic E-state index is -1.40. The molecule has 182 valence electrons. The summed E-state index contributed by atoms with van der Waals surface area (Å²) < 4.78 is 22.4. The molecule has 1 fully saturated rings. The van der Waals surface area contributed by atoms with Crippen LogP contribution in [0.5, 0.6) is 11.5 Å². The van der Waals surface area contributed by atoms with Gasteiger partial charge >= 0.3 is 5.63 Å². The number of rotatable bonds is 7. The Kier molecular flexibility index (Phi) is 7.29. The summed E-state index contributed by atoms with van der Waals surface area (Å²) in [5.41, 5.74) is 4.07. The highest BCUT2D eigenvalue weighted by molar-refractivity contribution is 6.04. The third-order valence-electron chi connectivity index (χ3n) is 5.56. The predicted molar refractivity (Wildman–Crippen MR) is 118 cm³/mol. The van der Waals surface area contributed by atoms with E-state index in [1.54, 1.807) is 20.8 Å². The summed E-state index contributed by atoms with van der Waals surface area (Å²) in [4.78, 5) is 17.6. The average molecular weight is 466 g/mol. The SMILES string of the molecule is CO[C@@H]1[C@H](O)[C@@H](O)[C@H](Oc2ccc3c(O)c(C(C)=NOCCN)c(=O)oc3c2C)OC1(C)C. The minimum Gasteiger partial charge on any atom is -0.506 e. The highest BCUT2D eigenvalue weighted by atomic mass is 16.7. The lowest BCUT2D eigenvalue weighted by Crippen LogP contribution is -2.63. The number of aromatic hydroxyl groups is 1. The summed E-state index contributed by atoms with van der Waals surface area (Å²) in [6.07, 6.45) is -4.63. The zero-order valence-corrected chi connectivity index (χ0v) is 19.2. The zero-order chi connectivity index (χ0) is 24.5. The third kappa shape index (κ3) is 4.68. The van der Waals surface area contributed by atoms with E-state index in [-0.39, 0.29) is 46.9 Å². The second kappa shape index (κ2) is 9.65. The first-order valence-electron chi connectivity index (χ1n) is 10.4. The fourth-order valence-electron chi connectivity index (χ4n) is 3.88. The fourth-order valence-corrected chi connectivity index (χ4v) is 3.88. The number of aryl methyl sites for hydroxylation is 1. The van der Waals surface area contributed by atoms with Crippen molar-refractivity contribution >= 4 is 16.7 Å². The molecule has 1 saturated heterocycles. The summed E-state index contributed by atoms with van der Waals surface area (Å²) in [5, 5.41) is 35.7. The van der Waals surface area contributed by atoms with Gasteiger partial charge in [-0.3, -0.25) is 0 Å². The van der Waals surface area contributed by atoms with Crippen LogP contribution in [0.3, 0.4) is 0 Å². The monoisotopic (exact) mass is 466 g/mol. The van der Waals surface area contributed by atoms with Gasteiger partial charge in [0.2, 0.25) is 6.29 Å². The Morgan fingerprint density at radius 1 is 1.27 bits per heavy atom. The van der Waals surface area contributed by atoms with E-state index in [2.05, 4.69) is 5.16 Å². The molecule has 5 N–H and O–H groups in total. The number of aliphatic hydroxyl groups excluding tert-OH is 2. The van der Waals surface area contributed by atoms with E-state index >= 15 is 0 Å². The number of fused-ring (bicyclic) bond motifs is 1. The highest BCUT2D eigenvalue weighted by Crippen LogP contribution is 2.36. The molecule has 11 heteroatoms. The van der Waals surface area contributed by atoms with Gasteiger partial charge < -0.3 is 44.5 Å². The van der Waals surface area contributed by atoms with Crippen molar-refractivity contribution < 1.29 is 38.8 Å². The number of methoxy groups -OCH3 is 1. The molecule has 1 aromatic carbocycles. The summed E-state index contributed by atoms with van der Waals surface area (Å²) in [6.45, 7) is 6.94. The second-order valence-corrected chi connectivity index (χ2v) is 8.32. The van der Waals surface area contributed by atoms with Crippen molar-refractivity contribution in [3.05, 3.63) is 33.7 Å². The molecular weight excluding hydrogens is 436 g/mol. The molecule has 4 atom stereocenters. The molecule has 1 aromatic heterocycles. The van der Waals surface area contributed by atoms with Gasteiger partial charge in [0.05, 0.1) is 16.7 Å². The fraction of sp³-hybridized carbons (Fsp3) is 0.545. The summed E-state index contributed by atoms with van der Waals surface area (Å²) in [6, 6.07) is 3.04. The maximum Gasteiger partial charge on any atom is 0.349 e. The highest BCUT2D eigenvalue weighted by Gasteiger charge is 2.50. The van der Waals surface area contributed by atoms with E-state index in [1.165, 1.54) is 26.2 Å². The quantitative estimate of drug-likeness (QED) is 0.198. The predicted octanol–water partition coefficient (Wildman–Crippen LogP) is 0.757. The van der Waals surface area contributed by atoms with Crippen LogP contribution in [-0.2, 0) is 14.3 Å². The van der Waals surface area contributed by atoms with Gasteiger partial charge in [-0.2, -0.15) is 0 Å². The van der Waals surface area contributed by atoms with Crippen LogP contribution in [0.4, 0.5) is 0 Å². The molecule has 3 rings (SSSR count). The molecule has 1 aliphatic heterocycles. The topological polar surface area (TPSA) is 166 Å². The Balaban J connectivity index is 1.97. The summed E-state index contributed by atoms with van der Waals surface area (Å²) in [7, 11) is 1.42. The van der Waals surface area contributed by atoms with Crippen LogP contribution in [0.15, 0.2) is 26.5 Å². The van der Waals surface area contributed by atoms with Crippen LogP contribution in [0.1, 0.15) is 31.9 Å². The molecule has 1 aliphatic rings. The Hall–Kier alpha value is -2.70. The van der Waals surface area contributed by atoms with Crippen LogP contribution < -0.4 is 16.1 Å². The number of aliphatic hydroxyl groups is 2. The van der Waals surface area contributed by atoms with Crippen molar-refractivity contribution in [1.82, 2.24) is 0 Å². The number of hydrogen-bond donors (Lipinski definition) is 4. The molecule has 11 nitrogen and oxygen atoms in total. The van der Waals surface area contributed by atoms with E-state index in [0.717, 1.165) is 0 Å². The lowest BCUT2D eigenvalue weighted by molar-refractivity contribution is -0.306. The Labute approximate surface area is 190 Å². The van der Waals surface area contributed by atoms with Gasteiger partial charge in [-0.1, -0.05) is 5.16 Å². The van der Waals surface area contributed by atoms with E-state index in [9.17, 15) is 20.1 Å². The van der Waals surface area contributed by atoms with E-state index in [0.29, 0.717) is 5.56 Å². The standard InChI is InChI=1S/C22H30N2O9/c1-10-13(31-21-17(27)16(26)19(29-5)22(3,4)33-21)7-6-12-15(25)14(20(28)32-18(10)12)11(2)24-30-9-8-23/h6-7,16-17,19,21,25-27H,8-9,23H2,1-5H3/t16-,17-,19-,21-/m1/s1. The van der Waals surface area contributed by atoms with Gasteiger partial charge in [0.15, 0.2) is 0 Å². The first-order valence-corrected chi connectivity index (χ1v) is 10.4. The largest absolute Gasteiger partial charge is 0.506 e. The number of oxime groups is 1. The number of nitrogens with two attached hydrogens (primary N) is 1. The maximum atomic E-state index is 12.6. The summed E-state index contributed by atoms with van der Waals surface area (Å²) in [5.74, 6) is -0.0840. The average Bonchev–Trinajstić information content (AvgIpc) is 2.74. The Bertz CT molecular complexity index is 1100. The summed E-state index contributed by atoms with van der Waals surface area (Å²) >= 11 is 0. The van der Waals surface area contributed by atoms with Gasteiger partial charge in [-0.25, -0.2) is 4.79 Å². The van der Waals surface area contributed by atoms with Crippen molar-refractivity contribution in [2.24, 2.45) is 10.9 Å². The van der Waals surface area contributed by atoms with Crippen molar-refractivity contribution in [1.29, 1.82) is 0 Å². The van der Waals surface area contributed by atoms with Crippen LogP contribution in [-0.4, -0.2) is 71.5 Å². The second-order valence-electron chi connectivity index (χ2n) is 8.32. The lowest BCUT2D eigenvalue weighted by atomic mass is 9.89. The van der Waals surface area contributed by atoms with E-state index in [4.69, 9.17) is 29.2 Å². The van der Waals surface area contributed by atoms with Crippen molar-refractivity contribution in [3.63, 3.8) is 0 Å². The smallest absolute Gasteiger partial charge is 0.349 e. The molecule has 0 amide bonds. The van der Waals surface area contributed by atoms with E-state index < -0.39 is 35.8 Å². The lowest BCUT2D eigenvalue weighted by Gasteiger charge is -2.46. The Morgan fingerprint density at radius 3 is 2.61 bits per heavy atom. The first-order chi connectivity index (χ1) is 15.5. The molecule has 2 heterocycles. The van der Waals surface area contributed by atoms with Crippen molar-refractivity contribution in [3.8, 4) is 11.5 Å². The van der Waals surface area contributed by atoms with Crippen molar-refractivity contribution in [2.75, 3.05) is 20.3 Å². The van der Waals surface area contributed by atoms with Crippen LogP contribution in [0, 0.1) is 6.92 Å². The number of ether oxygens (including phenoxy) is 3. The number of hydrogen-bond acceptors (Lipinski definition) is 11. The first kappa shape index (κ1) is 24.9. The molecule has 0 unspecified atom stereocenters. The molecule has 0 aliphatic carbocycles. The number of nitrogens with zero attached hydrogens (tertiary/aromatic N) is 1. The molecule has 0 spiro atoms. The van der Waals surface area contributed by atoms with Gasteiger partial charge in [-0.05, 0) is 39.8 Å². The van der Waals surface area contributed by atoms with Gasteiger partial charge in [0.25, 0.3) is 0 Å². The molecule has 0 bridgehead atoms. The molecule has 33 heavy (non-hydrogen) atoms. The van der Waals surface area contributed by atoms with Gasteiger partial charge in [0, 0.05) is 19.2 Å². The van der Waals surface area contributed by atoms with Gasteiger partial charge in [0.1, 0.15) is 47.6 Å². The number of benzene rings is 1.